The molecule has 0 spiro atoms. The van der Waals surface area contributed by atoms with Crippen LogP contribution in [0.2, 0.25) is 0 Å². The van der Waals surface area contributed by atoms with Gasteiger partial charge in [-0.1, -0.05) is 6.07 Å². The molecule has 0 bridgehead atoms. The van der Waals surface area contributed by atoms with Crippen LogP contribution in [0.4, 0.5) is 22.0 Å². The summed E-state index contributed by atoms with van der Waals surface area (Å²) in [5.41, 5.74) is -1.12. The number of amides is 1. The number of hydrogen-bond acceptors (Lipinski definition) is 6. The summed E-state index contributed by atoms with van der Waals surface area (Å²) >= 11 is 1.25. The molecule has 36 heavy (non-hydrogen) atoms. The molecule has 1 saturated heterocycles. The highest BCUT2D eigenvalue weighted by Gasteiger charge is 2.35. The Morgan fingerprint density at radius 1 is 1.17 bits per heavy atom. The van der Waals surface area contributed by atoms with Gasteiger partial charge >= 0.3 is 12.1 Å². The number of carbonyl (C=O) groups excluding carboxylic acids is 2. The third-order valence-corrected chi connectivity index (χ3v) is 6.90. The molecule has 3 aromatic rings. The third kappa shape index (κ3) is 5.72. The number of aryl methyl sites for hydroxylation is 1. The van der Waals surface area contributed by atoms with Crippen LogP contribution in [0.5, 0.6) is 0 Å². The first-order valence-electron chi connectivity index (χ1n) is 11.0. The topological polar surface area (TPSA) is 77.3 Å². The van der Waals surface area contributed by atoms with Crippen molar-refractivity contribution in [1.82, 2.24) is 19.7 Å². The van der Waals surface area contributed by atoms with Crippen molar-refractivity contribution in [1.29, 1.82) is 0 Å². The van der Waals surface area contributed by atoms with Gasteiger partial charge < -0.3 is 9.64 Å². The van der Waals surface area contributed by atoms with Gasteiger partial charge in [0.1, 0.15) is 24.8 Å². The molecule has 1 fully saturated rings. The van der Waals surface area contributed by atoms with Crippen molar-refractivity contribution in [3.63, 3.8) is 0 Å². The van der Waals surface area contributed by atoms with Crippen LogP contribution < -0.4 is 0 Å². The number of likely N-dealkylation sites (tertiary alicyclic amines) is 1. The van der Waals surface area contributed by atoms with E-state index in [9.17, 15) is 31.5 Å². The van der Waals surface area contributed by atoms with E-state index in [1.165, 1.54) is 29.7 Å². The first-order valence-corrected chi connectivity index (χ1v) is 11.9. The minimum absolute atomic E-state index is 0.0205. The number of ether oxygens (including phenoxy) is 1. The summed E-state index contributed by atoms with van der Waals surface area (Å²) in [6.45, 7) is 1.36. The van der Waals surface area contributed by atoms with Crippen LogP contribution in [0.15, 0.2) is 29.6 Å². The van der Waals surface area contributed by atoms with E-state index in [1.807, 2.05) is 0 Å². The summed E-state index contributed by atoms with van der Waals surface area (Å²) in [6.07, 6.45) is -3.47. The van der Waals surface area contributed by atoms with Gasteiger partial charge in [-0.25, -0.2) is 18.6 Å². The normalized spacial score (nSPS) is 14.8. The van der Waals surface area contributed by atoms with Gasteiger partial charge in [-0.3, -0.25) is 9.48 Å². The monoisotopic (exact) mass is 528 g/mol. The van der Waals surface area contributed by atoms with E-state index < -0.39 is 36.1 Å². The zero-order valence-corrected chi connectivity index (χ0v) is 19.8. The zero-order chi connectivity index (χ0) is 26.0. The average Bonchev–Trinajstić information content (AvgIpc) is 3.46. The van der Waals surface area contributed by atoms with E-state index in [2.05, 4.69) is 10.1 Å². The number of thiazole rings is 1. The summed E-state index contributed by atoms with van der Waals surface area (Å²) in [5.74, 6) is -2.79. The zero-order valence-electron chi connectivity index (χ0n) is 19.0. The number of alkyl halides is 3. The second-order valence-electron chi connectivity index (χ2n) is 8.33. The Labute approximate surface area is 206 Å². The molecule has 1 aliphatic heterocycles. The Bertz CT molecular complexity index is 1240. The molecule has 192 valence electrons. The van der Waals surface area contributed by atoms with Crippen LogP contribution in [0.3, 0.4) is 0 Å². The van der Waals surface area contributed by atoms with Gasteiger partial charge in [0.2, 0.25) is 5.91 Å². The Kier molecular flexibility index (Phi) is 7.38. The first-order chi connectivity index (χ1) is 17.0. The molecule has 4 rings (SSSR count). The molecule has 1 amide bonds. The standard InChI is InChI=1S/C23H21F5N4O3S/c1-13-9-19(23(26,27)28)30-32(13)10-20(33)31-7-5-14(6-8-31)21-29-18(12-36-21)22(34)35-11-15-16(24)3-2-4-17(15)25/h2-4,9,12,14H,5-8,10-11H2,1H3. The van der Waals surface area contributed by atoms with Crippen LogP contribution in [0, 0.1) is 18.6 Å². The largest absolute Gasteiger partial charge is 0.456 e. The maximum Gasteiger partial charge on any atom is 0.435 e. The fourth-order valence-electron chi connectivity index (χ4n) is 3.86. The van der Waals surface area contributed by atoms with Gasteiger partial charge in [0.15, 0.2) is 11.4 Å². The second-order valence-corrected chi connectivity index (χ2v) is 9.22. The molecule has 0 radical (unpaired) electrons. The van der Waals surface area contributed by atoms with Gasteiger partial charge in [0.05, 0.1) is 10.6 Å². The number of rotatable bonds is 6. The number of benzene rings is 1. The highest BCUT2D eigenvalue weighted by molar-refractivity contribution is 7.09. The smallest absolute Gasteiger partial charge is 0.435 e. The molecule has 0 unspecified atom stereocenters. The predicted molar refractivity (Wildman–Crippen MR) is 118 cm³/mol. The number of halogens is 5. The van der Waals surface area contributed by atoms with Gasteiger partial charge in [-0.2, -0.15) is 18.3 Å². The van der Waals surface area contributed by atoms with Crippen LogP contribution in [-0.2, 0) is 28.9 Å². The summed E-state index contributed by atoms with van der Waals surface area (Å²) in [5, 5.41) is 5.67. The summed E-state index contributed by atoms with van der Waals surface area (Å²) in [6, 6.07) is 4.25. The molecule has 0 saturated carbocycles. The SMILES string of the molecule is Cc1cc(C(F)(F)F)nn1CC(=O)N1CCC(c2nc(C(=O)OCc3c(F)cccc3F)cs2)CC1. The third-order valence-electron chi connectivity index (χ3n) is 5.89. The molecular formula is C23H21F5N4O3S. The number of carbonyl (C=O) groups is 2. The summed E-state index contributed by atoms with van der Waals surface area (Å²) in [4.78, 5) is 30.8. The lowest BCUT2D eigenvalue weighted by molar-refractivity contribution is -0.142. The molecule has 0 N–H and O–H groups in total. The molecule has 0 atom stereocenters. The van der Waals surface area contributed by atoms with E-state index in [-0.39, 0.29) is 35.3 Å². The van der Waals surface area contributed by atoms with Gasteiger partial charge in [0, 0.05) is 30.1 Å². The Balaban J connectivity index is 1.30. The molecule has 13 heteroatoms. The first kappa shape index (κ1) is 25.7. The minimum Gasteiger partial charge on any atom is -0.456 e. The van der Waals surface area contributed by atoms with Gasteiger partial charge in [0.25, 0.3) is 0 Å². The summed E-state index contributed by atoms with van der Waals surface area (Å²) < 4.78 is 72.0. The minimum atomic E-state index is -4.58. The fourth-order valence-corrected chi connectivity index (χ4v) is 4.82. The Morgan fingerprint density at radius 3 is 2.44 bits per heavy atom. The summed E-state index contributed by atoms with van der Waals surface area (Å²) in [7, 11) is 0. The van der Waals surface area contributed by atoms with E-state index in [1.54, 1.807) is 4.90 Å². The predicted octanol–water partition coefficient (Wildman–Crippen LogP) is 4.71. The van der Waals surface area contributed by atoms with E-state index in [0.29, 0.717) is 30.9 Å². The van der Waals surface area contributed by atoms with E-state index >= 15 is 0 Å². The Morgan fingerprint density at radius 2 is 1.83 bits per heavy atom. The van der Waals surface area contributed by atoms with Crippen LogP contribution in [-0.4, -0.2) is 44.6 Å². The van der Waals surface area contributed by atoms with E-state index in [4.69, 9.17) is 4.74 Å². The maximum atomic E-state index is 13.7. The fraction of sp³-hybridized carbons (Fsp3) is 0.391. The lowest BCUT2D eigenvalue weighted by Crippen LogP contribution is -2.40. The molecule has 1 aliphatic rings. The van der Waals surface area contributed by atoms with Crippen molar-refractivity contribution >= 4 is 23.2 Å². The maximum absolute atomic E-state index is 13.7. The molecule has 0 aliphatic carbocycles. The molecule has 2 aromatic heterocycles. The van der Waals surface area contributed by atoms with Crippen molar-refractivity contribution < 1.29 is 36.3 Å². The van der Waals surface area contributed by atoms with Crippen LogP contribution in [0.25, 0.3) is 0 Å². The van der Waals surface area contributed by atoms with Gasteiger partial charge in [-0.15, -0.1) is 11.3 Å². The molecule has 7 nitrogen and oxygen atoms in total. The van der Waals surface area contributed by atoms with Crippen molar-refractivity contribution in [2.75, 3.05) is 13.1 Å². The second kappa shape index (κ2) is 10.3. The van der Waals surface area contributed by atoms with Crippen molar-refractivity contribution in [3.8, 4) is 0 Å². The van der Waals surface area contributed by atoms with E-state index in [0.717, 1.165) is 22.9 Å². The molecular weight excluding hydrogens is 507 g/mol. The van der Waals surface area contributed by atoms with Crippen LogP contribution in [0.1, 0.15) is 51.2 Å². The lowest BCUT2D eigenvalue weighted by atomic mass is 9.97. The number of nitrogens with zero attached hydrogens (tertiary/aromatic N) is 4. The van der Waals surface area contributed by atoms with Crippen molar-refractivity contribution in [2.45, 2.75) is 45.0 Å². The van der Waals surface area contributed by atoms with Crippen molar-refractivity contribution in [2.24, 2.45) is 0 Å². The average molecular weight is 529 g/mol. The molecule has 1 aromatic carbocycles. The number of aromatic nitrogens is 3. The highest BCUT2D eigenvalue weighted by atomic mass is 32.1. The van der Waals surface area contributed by atoms with Crippen molar-refractivity contribution in [3.05, 3.63) is 68.9 Å². The Hall–Kier alpha value is -3.35. The number of piperidine rings is 1. The highest BCUT2D eigenvalue weighted by Crippen LogP contribution is 2.31. The number of esters is 1. The quantitative estimate of drug-likeness (QED) is 0.342. The molecule has 3 heterocycles. The lowest BCUT2D eigenvalue weighted by Gasteiger charge is -2.31. The van der Waals surface area contributed by atoms with Gasteiger partial charge in [-0.05, 0) is 38.0 Å². The van der Waals surface area contributed by atoms with Crippen LogP contribution >= 0.6 is 11.3 Å². The number of hydrogen-bond donors (Lipinski definition) is 0.